The number of aromatic nitrogens is 1. The van der Waals surface area contributed by atoms with Gasteiger partial charge in [0.15, 0.2) is 0 Å². The van der Waals surface area contributed by atoms with E-state index in [-0.39, 0.29) is 18.1 Å². The standard InChI is InChI=1S/C21H24ClN3O2/c1-15-14-23-9-5-20(15)27-18-6-10-24(11-7-18)19-8-12-25(21(19)26)17-4-2-3-16(22)13-17/h2-5,9,13-14,18-19H,6-8,10-12H2,1H3/t19-/m0/s1. The van der Waals surface area contributed by atoms with Gasteiger partial charge in [0.25, 0.3) is 0 Å². The van der Waals surface area contributed by atoms with E-state index in [4.69, 9.17) is 16.3 Å². The molecule has 5 nitrogen and oxygen atoms in total. The first-order valence-corrected chi connectivity index (χ1v) is 9.88. The van der Waals surface area contributed by atoms with Crippen LogP contribution in [0.2, 0.25) is 5.02 Å². The molecule has 0 saturated carbocycles. The Balaban J connectivity index is 1.35. The Kier molecular flexibility index (Phi) is 5.32. The van der Waals surface area contributed by atoms with E-state index in [9.17, 15) is 4.79 Å². The number of amides is 1. The number of benzene rings is 1. The molecule has 1 aromatic carbocycles. The number of aryl methyl sites for hydroxylation is 1. The van der Waals surface area contributed by atoms with Crippen molar-refractivity contribution in [2.75, 3.05) is 24.5 Å². The maximum Gasteiger partial charge on any atom is 0.244 e. The number of hydrogen-bond donors (Lipinski definition) is 0. The zero-order valence-electron chi connectivity index (χ0n) is 15.5. The largest absolute Gasteiger partial charge is 0.490 e. The third-order valence-corrected chi connectivity index (χ3v) is 5.71. The summed E-state index contributed by atoms with van der Waals surface area (Å²) in [4.78, 5) is 21.2. The van der Waals surface area contributed by atoms with Crippen molar-refractivity contribution >= 4 is 23.2 Å². The molecule has 2 aromatic rings. The van der Waals surface area contributed by atoms with Crippen molar-refractivity contribution in [3.8, 4) is 5.75 Å². The molecule has 0 radical (unpaired) electrons. The van der Waals surface area contributed by atoms with E-state index in [1.54, 1.807) is 6.20 Å². The first kappa shape index (κ1) is 18.3. The Morgan fingerprint density at radius 2 is 1.96 bits per heavy atom. The van der Waals surface area contributed by atoms with Gasteiger partial charge in [-0.1, -0.05) is 17.7 Å². The second-order valence-electron chi connectivity index (χ2n) is 7.27. The number of carbonyl (C=O) groups excluding carboxylic acids is 1. The van der Waals surface area contributed by atoms with Gasteiger partial charge in [-0.25, -0.2) is 0 Å². The molecule has 4 rings (SSSR count). The Hall–Kier alpha value is -2.11. The molecule has 142 valence electrons. The van der Waals surface area contributed by atoms with Crippen LogP contribution < -0.4 is 9.64 Å². The summed E-state index contributed by atoms with van der Waals surface area (Å²) in [5.74, 6) is 1.09. The summed E-state index contributed by atoms with van der Waals surface area (Å²) in [6.07, 6.45) is 6.51. The van der Waals surface area contributed by atoms with E-state index in [0.717, 1.165) is 55.9 Å². The highest BCUT2D eigenvalue weighted by Crippen LogP contribution is 2.29. The van der Waals surface area contributed by atoms with Crippen LogP contribution in [0.3, 0.4) is 0 Å². The molecule has 3 heterocycles. The molecule has 2 aliphatic rings. The smallest absolute Gasteiger partial charge is 0.244 e. The minimum absolute atomic E-state index is 0.0346. The van der Waals surface area contributed by atoms with Crippen LogP contribution in [0.15, 0.2) is 42.7 Å². The monoisotopic (exact) mass is 385 g/mol. The maximum absolute atomic E-state index is 12.9. The number of halogens is 1. The number of anilines is 1. The predicted octanol–water partition coefficient (Wildman–Crippen LogP) is 3.69. The summed E-state index contributed by atoms with van der Waals surface area (Å²) in [5, 5.41) is 0.660. The molecule has 2 aliphatic heterocycles. The van der Waals surface area contributed by atoms with Gasteiger partial charge in [-0.2, -0.15) is 0 Å². The first-order valence-electron chi connectivity index (χ1n) is 9.50. The van der Waals surface area contributed by atoms with Gasteiger partial charge in [0.2, 0.25) is 5.91 Å². The van der Waals surface area contributed by atoms with Crippen LogP contribution in [0.25, 0.3) is 0 Å². The normalized spacial score (nSPS) is 21.6. The summed E-state index contributed by atoms with van der Waals surface area (Å²) < 4.78 is 6.15. The van der Waals surface area contributed by atoms with Gasteiger partial charge in [0.1, 0.15) is 11.9 Å². The lowest BCUT2D eigenvalue weighted by Gasteiger charge is -2.35. The van der Waals surface area contributed by atoms with Gasteiger partial charge in [-0.15, -0.1) is 0 Å². The Bertz CT molecular complexity index is 821. The lowest BCUT2D eigenvalue weighted by Crippen LogP contribution is -2.47. The second kappa shape index (κ2) is 7.87. The van der Waals surface area contributed by atoms with E-state index in [2.05, 4.69) is 9.88 Å². The first-order chi connectivity index (χ1) is 13.1. The van der Waals surface area contributed by atoms with Crippen LogP contribution in [0.5, 0.6) is 5.75 Å². The second-order valence-corrected chi connectivity index (χ2v) is 7.71. The van der Waals surface area contributed by atoms with Crippen LogP contribution in [-0.2, 0) is 4.79 Å². The molecule has 1 amide bonds. The fourth-order valence-electron chi connectivity index (χ4n) is 3.98. The third-order valence-electron chi connectivity index (χ3n) is 5.48. The fourth-order valence-corrected chi connectivity index (χ4v) is 4.17. The van der Waals surface area contributed by atoms with Crippen LogP contribution in [-0.4, -0.2) is 47.6 Å². The van der Waals surface area contributed by atoms with Crippen LogP contribution in [0.4, 0.5) is 5.69 Å². The quantitative estimate of drug-likeness (QED) is 0.805. The van der Waals surface area contributed by atoms with Crippen molar-refractivity contribution in [3.63, 3.8) is 0 Å². The van der Waals surface area contributed by atoms with E-state index in [1.807, 2.05) is 48.4 Å². The molecule has 0 N–H and O–H groups in total. The van der Waals surface area contributed by atoms with Crippen LogP contribution >= 0.6 is 11.6 Å². The molecule has 2 saturated heterocycles. The highest BCUT2D eigenvalue weighted by atomic mass is 35.5. The van der Waals surface area contributed by atoms with E-state index < -0.39 is 0 Å². The molecule has 0 spiro atoms. The number of hydrogen-bond acceptors (Lipinski definition) is 4. The summed E-state index contributed by atoms with van der Waals surface area (Å²) in [6.45, 7) is 4.53. The van der Waals surface area contributed by atoms with Crippen molar-refractivity contribution in [2.45, 2.75) is 38.3 Å². The van der Waals surface area contributed by atoms with Gasteiger partial charge < -0.3 is 9.64 Å². The van der Waals surface area contributed by atoms with Gasteiger partial charge in [0, 0.05) is 48.3 Å². The lowest BCUT2D eigenvalue weighted by atomic mass is 10.0. The van der Waals surface area contributed by atoms with Gasteiger partial charge in [-0.05, 0) is 50.5 Å². The molecule has 0 unspecified atom stereocenters. The minimum atomic E-state index is -0.0346. The van der Waals surface area contributed by atoms with Gasteiger partial charge in [0.05, 0.1) is 6.04 Å². The van der Waals surface area contributed by atoms with Crippen molar-refractivity contribution in [2.24, 2.45) is 0 Å². The molecule has 1 atom stereocenters. The average Bonchev–Trinajstić information content (AvgIpc) is 3.06. The SMILES string of the molecule is Cc1cnccc1OC1CCN([C@H]2CCN(c3cccc(Cl)c3)C2=O)CC1. The summed E-state index contributed by atoms with van der Waals surface area (Å²) >= 11 is 6.08. The zero-order valence-corrected chi connectivity index (χ0v) is 16.2. The number of pyridine rings is 1. The molecule has 0 bridgehead atoms. The number of rotatable bonds is 4. The molecule has 6 heteroatoms. The molecule has 2 fully saturated rings. The highest BCUT2D eigenvalue weighted by Gasteiger charge is 2.38. The van der Waals surface area contributed by atoms with Crippen molar-refractivity contribution in [1.82, 2.24) is 9.88 Å². The number of nitrogens with zero attached hydrogens (tertiary/aromatic N) is 3. The van der Waals surface area contributed by atoms with Crippen LogP contribution in [0, 0.1) is 6.92 Å². The van der Waals surface area contributed by atoms with E-state index >= 15 is 0 Å². The van der Waals surface area contributed by atoms with Crippen molar-refractivity contribution < 1.29 is 9.53 Å². The third kappa shape index (κ3) is 3.94. The lowest BCUT2D eigenvalue weighted by molar-refractivity contribution is -0.122. The minimum Gasteiger partial charge on any atom is -0.490 e. The number of carbonyl (C=O) groups is 1. The van der Waals surface area contributed by atoms with Gasteiger partial charge >= 0.3 is 0 Å². The number of ether oxygens (including phenoxy) is 1. The Morgan fingerprint density at radius 3 is 2.70 bits per heavy atom. The fraction of sp³-hybridized carbons (Fsp3) is 0.429. The maximum atomic E-state index is 12.9. The number of piperidine rings is 1. The summed E-state index contributed by atoms with van der Waals surface area (Å²) in [7, 11) is 0. The number of likely N-dealkylation sites (tertiary alicyclic amines) is 1. The molecule has 1 aromatic heterocycles. The summed E-state index contributed by atoms with van der Waals surface area (Å²) in [5.41, 5.74) is 1.95. The molecular weight excluding hydrogens is 362 g/mol. The summed E-state index contributed by atoms with van der Waals surface area (Å²) in [6, 6.07) is 9.42. The molecular formula is C21H24ClN3O2. The van der Waals surface area contributed by atoms with Crippen molar-refractivity contribution in [1.29, 1.82) is 0 Å². The zero-order chi connectivity index (χ0) is 18.8. The van der Waals surface area contributed by atoms with Crippen molar-refractivity contribution in [3.05, 3.63) is 53.3 Å². The van der Waals surface area contributed by atoms with Crippen LogP contribution in [0.1, 0.15) is 24.8 Å². The Labute approximate surface area is 164 Å². The van der Waals surface area contributed by atoms with E-state index in [1.165, 1.54) is 0 Å². The van der Waals surface area contributed by atoms with E-state index in [0.29, 0.717) is 5.02 Å². The average molecular weight is 386 g/mol. The topological polar surface area (TPSA) is 45.7 Å². The molecule has 0 aliphatic carbocycles. The molecule has 27 heavy (non-hydrogen) atoms. The Morgan fingerprint density at radius 1 is 1.15 bits per heavy atom. The highest BCUT2D eigenvalue weighted by molar-refractivity contribution is 6.31. The predicted molar refractivity (Wildman–Crippen MR) is 106 cm³/mol. The van der Waals surface area contributed by atoms with Gasteiger partial charge in [-0.3, -0.25) is 14.7 Å².